The lowest BCUT2D eigenvalue weighted by atomic mass is 10.2. The molecule has 0 unspecified atom stereocenters. The van der Waals surface area contributed by atoms with Gasteiger partial charge in [-0.25, -0.2) is 4.99 Å². The van der Waals surface area contributed by atoms with Gasteiger partial charge in [0.2, 0.25) is 5.55 Å². The first-order chi connectivity index (χ1) is 10.5. The van der Waals surface area contributed by atoms with Crippen LogP contribution in [0.3, 0.4) is 0 Å². The SMILES string of the molecule is NC(=O)c1cc2cc(Br)ccc2oc1=Nc1ccc(Cl)cc1. The molecule has 110 valence electrons. The number of primary amides is 1. The van der Waals surface area contributed by atoms with E-state index in [0.29, 0.717) is 16.3 Å². The first kappa shape index (κ1) is 14.8. The average Bonchev–Trinajstić information content (AvgIpc) is 2.49. The van der Waals surface area contributed by atoms with Crippen LogP contribution in [0.2, 0.25) is 5.02 Å². The van der Waals surface area contributed by atoms with Gasteiger partial charge >= 0.3 is 0 Å². The highest BCUT2D eigenvalue weighted by atomic mass is 79.9. The van der Waals surface area contributed by atoms with Crippen molar-refractivity contribution >= 4 is 50.1 Å². The van der Waals surface area contributed by atoms with Crippen LogP contribution in [0.5, 0.6) is 0 Å². The topological polar surface area (TPSA) is 68.6 Å². The highest BCUT2D eigenvalue weighted by molar-refractivity contribution is 9.10. The Bertz CT molecular complexity index is 933. The predicted molar refractivity (Wildman–Crippen MR) is 89.1 cm³/mol. The lowest BCUT2D eigenvalue weighted by molar-refractivity contribution is 0.0996. The van der Waals surface area contributed by atoms with E-state index in [-0.39, 0.29) is 11.1 Å². The van der Waals surface area contributed by atoms with E-state index in [2.05, 4.69) is 20.9 Å². The number of amides is 1. The molecule has 1 heterocycles. The molecule has 3 aromatic rings. The van der Waals surface area contributed by atoms with Crippen LogP contribution in [0.25, 0.3) is 11.0 Å². The highest BCUT2D eigenvalue weighted by Crippen LogP contribution is 2.20. The number of nitrogens with two attached hydrogens (primary N) is 1. The Kier molecular flexibility index (Phi) is 4.00. The van der Waals surface area contributed by atoms with Gasteiger partial charge in [-0.1, -0.05) is 27.5 Å². The van der Waals surface area contributed by atoms with Crippen molar-refractivity contribution < 1.29 is 9.21 Å². The van der Waals surface area contributed by atoms with Crippen molar-refractivity contribution in [1.29, 1.82) is 0 Å². The number of hydrogen-bond donors (Lipinski definition) is 1. The Morgan fingerprint density at radius 3 is 2.55 bits per heavy atom. The summed E-state index contributed by atoms with van der Waals surface area (Å²) in [5, 5.41) is 1.37. The number of hydrogen-bond acceptors (Lipinski definition) is 3. The Morgan fingerprint density at radius 2 is 1.86 bits per heavy atom. The van der Waals surface area contributed by atoms with Crippen LogP contribution in [-0.4, -0.2) is 5.91 Å². The van der Waals surface area contributed by atoms with Gasteiger partial charge in [0.25, 0.3) is 5.91 Å². The molecule has 22 heavy (non-hydrogen) atoms. The summed E-state index contributed by atoms with van der Waals surface area (Å²) in [6, 6.07) is 14.0. The van der Waals surface area contributed by atoms with Crippen molar-refractivity contribution in [1.82, 2.24) is 0 Å². The van der Waals surface area contributed by atoms with Gasteiger partial charge in [0.15, 0.2) is 0 Å². The highest BCUT2D eigenvalue weighted by Gasteiger charge is 2.09. The van der Waals surface area contributed by atoms with Crippen LogP contribution in [0.4, 0.5) is 5.69 Å². The zero-order valence-corrected chi connectivity index (χ0v) is 13.6. The fourth-order valence-corrected chi connectivity index (χ4v) is 2.50. The van der Waals surface area contributed by atoms with Crippen LogP contribution in [-0.2, 0) is 0 Å². The molecule has 2 N–H and O–H groups in total. The molecule has 0 aliphatic carbocycles. The second-order valence-electron chi connectivity index (χ2n) is 4.60. The molecular formula is C16H10BrClN2O2. The number of halogens is 2. The van der Waals surface area contributed by atoms with Crippen LogP contribution in [0, 0.1) is 0 Å². The standard InChI is InChI=1S/C16H10BrClN2O2/c17-10-1-6-14-9(7-10)8-13(15(19)21)16(22-14)20-12-4-2-11(18)3-5-12/h1-8H,(H2,19,21). The van der Waals surface area contributed by atoms with Crippen molar-refractivity contribution in [2.24, 2.45) is 10.7 Å². The van der Waals surface area contributed by atoms with E-state index in [4.69, 9.17) is 21.8 Å². The minimum absolute atomic E-state index is 0.171. The Labute approximate surface area is 139 Å². The number of carbonyl (C=O) groups excluding carboxylic acids is 1. The Hall–Kier alpha value is -2.11. The van der Waals surface area contributed by atoms with Crippen LogP contribution in [0.15, 0.2) is 62.4 Å². The third-order valence-electron chi connectivity index (χ3n) is 3.03. The zero-order valence-electron chi connectivity index (χ0n) is 11.2. The summed E-state index contributed by atoms with van der Waals surface area (Å²) >= 11 is 9.22. The van der Waals surface area contributed by atoms with E-state index < -0.39 is 5.91 Å². The monoisotopic (exact) mass is 376 g/mol. The maximum atomic E-state index is 11.7. The molecule has 0 aliphatic heterocycles. The molecule has 0 aliphatic rings. The summed E-state index contributed by atoms with van der Waals surface area (Å²) < 4.78 is 6.60. The number of nitrogens with zero attached hydrogens (tertiary/aromatic N) is 1. The fraction of sp³-hybridized carbons (Fsp3) is 0. The van der Waals surface area contributed by atoms with Crippen molar-refractivity contribution in [2.75, 3.05) is 0 Å². The molecule has 0 radical (unpaired) electrons. The first-order valence-corrected chi connectivity index (χ1v) is 7.53. The van der Waals surface area contributed by atoms with Crippen molar-refractivity contribution in [3.8, 4) is 0 Å². The molecule has 0 saturated carbocycles. The number of rotatable bonds is 2. The van der Waals surface area contributed by atoms with Crippen LogP contribution in [0.1, 0.15) is 10.4 Å². The second-order valence-corrected chi connectivity index (χ2v) is 5.95. The number of fused-ring (bicyclic) bond motifs is 1. The minimum atomic E-state index is -0.599. The molecule has 6 heteroatoms. The number of carbonyl (C=O) groups is 1. The molecule has 2 aromatic carbocycles. The molecule has 1 aromatic heterocycles. The Morgan fingerprint density at radius 1 is 1.14 bits per heavy atom. The summed E-state index contributed by atoms with van der Waals surface area (Å²) in [4.78, 5) is 16.0. The zero-order chi connectivity index (χ0) is 15.7. The van der Waals surface area contributed by atoms with Crippen molar-refractivity contribution in [3.05, 3.63) is 69.1 Å². The molecule has 0 atom stereocenters. The van der Waals surface area contributed by atoms with Gasteiger partial charge in [-0.15, -0.1) is 0 Å². The van der Waals surface area contributed by atoms with Gasteiger partial charge < -0.3 is 10.2 Å². The minimum Gasteiger partial charge on any atom is -0.438 e. The summed E-state index contributed by atoms with van der Waals surface area (Å²) in [6.45, 7) is 0. The average molecular weight is 378 g/mol. The summed E-state index contributed by atoms with van der Waals surface area (Å²) in [5.74, 6) is -0.599. The van der Waals surface area contributed by atoms with E-state index in [0.717, 1.165) is 9.86 Å². The van der Waals surface area contributed by atoms with Crippen LogP contribution >= 0.6 is 27.5 Å². The lowest BCUT2D eigenvalue weighted by Gasteiger charge is -2.02. The summed E-state index contributed by atoms with van der Waals surface area (Å²) in [7, 11) is 0. The first-order valence-electron chi connectivity index (χ1n) is 6.36. The van der Waals surface area contributed by atoms with E-state index in [9.17, 15) is 4.79 Å². The maximum Gasteiger partial charge on any atom is 0.254 e. The lowest BCUT2D eigenvalue weighted by Crippen LogP contribution is -2.21. The molecular weight excluding hydrogens is 368 g/mol. The maximum absolute atomic E-state index is 11.7. The smallest absolute Gasteiger partial charge is 0.254 e. The van der Waals surface area contributed by atoms with Gasteiger partial charge in [-0.05, 0) is 48.5 Å². The largest absolute Gasteiger partial charge is 0.438 e. The second kappa shape index (κ2) is 5.94. The molecule has 1 amide bonds. The van der Waals surface area contributed by atoms with E-state index in [1.54, 1.807) is 36.4 Å². The van der Waals surface area contributed by atoms with Crippen molar-refractivity contribution in [3.63, 3.8) is 0 Å². The van der Waals surface area contributed by atoms with Gasteiger partial charge in [0, 0.05) is 14.9 Å². The third kappa shape index (κ3) is 3.05. The van der Waals surface area contributed by atoms with E-state index >= 15 is 0 Å². The fourth-order valence-electron chi connectivity index (χ4n) is 1.99. The molecule has 3 rings (SSSR count). The van der Waals surface area contributed by atoms with Gasteiger partial charge in [-0.3, -0.25) is 4.79 Å². The van der Waals surface area contributed by atoms with E-state index in [1.807, 2.05) is 12.1 Å². The van der Waals surface area contributed by atoms with E-state index in [1.165, 1.54) is 0 Å². The molecule has 0 fully saturated rings. The number of benzene rings is 2. The molecule has 0 bridgehead atoms. The molecule has 0 spiro atoms. The normalized spacial score (nSPS) is 11.8. The van der Waals surface area contributed by atoms with Gasteiger partial charge in [-0.2, -0.15) is 0 Å². The predicted octanol–water partition coefficient (Wildman–Crippen LogP) is 4.18. The summed E-state index contributed by atoms with van der Waals surface area (Å²) in [5.41, 5.74) is 7.05. The molecule has 0 saturated heterocycles. The van der Waals surface area contributed by atoms with Crippen molar-refractivity contribution in [2.45, 2.75) is 0 Å². The third-order valence-corrected chi connectivity index (χ3v) is 3.78. The molecule has 4 nitrogen and oxygen atoms in total. The van der Waals surface area contributed by atoms with Gasteiger partial charge in [0.1, 0.15) is 11.1 Å². The Balaban J connectivity index is 2.27. The van der Waals surface area contributed by atoms with Gasteiger partial charge in [0.05, 0.1) is 5.69 Å². The van der Waals surface area contributed by atoms with Crippen LogP contribution < -0.4 is 11.3 Å². The quantitative estimate of drug-likeness (QED) is 0.728. The summed E-state index contributed by atoms with van der Waals surface area (Å²) in [6.07, 6.45) is 0.